The summed E-state index contributed by atoms with van der Waals surface area (Å²) in [6.07, 6.45) is 3.64. The Bertz CT molecular complexity index is 607. The largest absolute Gasteiger partial charge is 0.214 e. The first-order valence-corrected chi connectivity index (χ1v) is 10.3. The number of benzene rings is 1. The van der Waals surface area contributed by atoms with Crippen LogP contribution in [0.3, 0.4) is 0 Å². The molecule has 1 aliphatic heterocycles. The van der Waals surface area contributed by atoms with E-state index in [1.165, 1.54) is 0 Å². The Balaban J connectivity index is 2.22. The molecule has 1 heterocycles. The lowest BCUT2D eigenvalue weighted by Gasteiger charge is -2.35. The van der Waals surface area contributed by atoms with E-state index >= 15 is 0 Å². The van der Waals surface area contributed by atoms with Crippen LogP contribution in [0.15, 0.2) is 28.7 Å². The van der Waals surface area contributed by atoms with Gasteiger partial charge in [0.25, 0.3) is 0 Å². The van der Waals surface area contributed by atoms with Crippen LogP contribution in [-0.2, 0) is 10.0 Å². The van der Waals surface area contributed by atoms with Crippen LogP contribution in [-0.4, -0.2) is 25.0 Å². The van der Waals surface area contributed by atoms with Gasteiger partial charge in [0, 0.05) is 17.1 Å². The zero-order valence-corrected chi connectivity index (χ0v) is 16.1. The molecule has 1 fully saturated rings. The molecule has 0 N–H and O–H groups in total. The average Bonchev–Trinajstić information content (AvgIpc) is 2.45. The van der Waals surface area contributed by atoms with Gasteiger partial charge in [0.05, 0.1) is 5.75 Å². The lowest BCUT2D eigenvalue weighted by atomic mass is 9.94. The van der Waals surface area contributed by atoms with Gasteiger partial charge < -0.3 is 0 Å². The summed E-state index contributed by atoms with van der Waals surface area (Å²) in [6.45, 7) is 6.91. The zero-order chi connectivity index (χ0) is 16.4. The molecule has 22 heavy (non-hydrogen) atoms. The van der Waals surface area contributed by atoms with E-state index in [1.807, 2.05) is 24.3 Å². The molecule has 0 amide bonds. The highest BCUT2D eigenvalue weighted by Crippen LogP contribution is 2.35. The van der Waals surface area contributed by atoms with E-state index in [9.17, 15) is 8.42 Å². The molecule has 0 bridgehead atoms. The molecule has 1 aliphatic rings. The first kappa shape index (κ1) is 18.0. The van der Waals surface area contributed by atoms with Crippen molar-refractivity contribution in [2.24, 2.45) is 5.41 Å². The number of piperidine rings is 1. The third-order valence-electron chi connectivity index (χ3n) is 4.15. The van der Waals surface area contributed by atoms with Crippen LogP contribution < -0.4 is 0 Å². The van der Waals surface area contributed by atoms with E-state index in [1.54, 1.807) is 4.31 Å². The van der Waals surface area contributed by atoms with Crippen LogP contribution in [0.4, 0.5) is 0 Å². The van der Waals surface area contributed by atoms with Gasteiger partial charge in [-0.2, -0.15) is 4.31 Å². The number of rotatable bonds is 4. The number of halogens is 1. The monoisotopic (exact) mass is 387 g/mol. The molecule has 1 atom stereocenters. The Kier molecular flexibility index (Phi) is 5.73. The Morgan fingerprint density at radius 3 is 2.64 bits per heavy atom. The second-order valence-corrected chi connectivity index (χ2v) is 10.3. The normalized spacial score (nSPS) is 21.0. The Labute approximate surface area is 143 Å². The maximum absolute atomic E-state index is 12.8. The summed E-state index contributed by atoms with van der Waals surface area (Å²) in [7, 11) is -3.21. The molecule has 124 valence electrons. The fourth-order valence-corrected chi connectivity index (χ4v) is 5.38. The van der Waals surface area contributed by atoms with Crippen molar-refractivity contribution in [3.63, 3.8) is 0 Å². The molecule has 1 saturated heterocycles. The summed E-state index contributed by atoms with van der Waals surface area (Å²) < 4.78 is 28.4. The van der Waals surface area contributed by atoms with Crippen LogP contribution in [0.1, 0.15) is 58.1 Å². The quantitative estimate of drug-likeness (QED) is 0.747. The molecule has 0 radical (unpaired) electrons. The maximum Gasteiger partial charge on any atom is 0.214 e. The topological polar surface area (TPSA) is 37.4 Å². The third kappa shape index (κ3) is 4.80. The van der Waals surface area contributed by atoms with Gasteiger partial charge in [-0.15, -0.1) is 0 Å². The van der Waals surface area contributed by atoms with Crippen molar-refractivity contribution in [2.45, 2.75) is 52.5 Å². The second-order valence-electron chi connectivity index (χ2n) is 7.30. The van der Waals surface area contributed by atoms with Crippen molar-refractivity contribution in [3.8, 4) is 0 Å². The first-order chi connectivity index (χ1) is 10.2. The van der Waals surface area contributed by atoms with Crippen molar-refractivity contribution < 1.29 is 8.42 Å². The van der Waals surface area contributed by atoms with Crippen molar-refractivity contribution in [1.29, 1.82) is 0 Å². The van der Waals surface area contributed by atoms with Crippen LogP contribution in [0.2, 0.25) is 0 Å². The minimum Gasteiger partial charge on any atom is -0.212 e. The molecule has 2 rings (SSSR count). The van der Waals surface area contributed by atoms with E-state index in [2.05, 4.69) is 36.7 Å². The number of hydrogen-bond donors (Lipinski definition) is 0. The van der Waals surface area contributed by atoms with E-state index in [-0.39, 0.29) is 17.2 Å². The van der Waals surface area contributed by atoms with E-state index in [0.717, 1.165) is 29.3 Å². The summed E-state index contributed by atoms with van der Waals surface area (Å²) >= 11 is 3.49. The smallest absolute Gasteiger partial charge is 0.212 e. The highest BCUT2D eigenvalue weighted by atomic mass is 79.9. The Morgan fingerprint density at radius 2 is 2.00 bits per heavy atom. The number of hydrogen-bond acceptors (Lipinski definition) is 2. The molecule has 0 spiro atoms. The van der Waals surface area contributed by atoms with Crippen LogP contribution in [0, 0.1) is 5.41 Å². The summed E-state index contributed by atoms with van der Waals surface area (Å²) in [4.78, 5) is 0. The van der Waals surface area contributed by atoms with Gasteiger partial charge in [-0.3, -0.25) is 0 Å². The Hall–Kier alpha value is -0.390. The molecule has 0 saturated carbocycles. The highest BCUT2D eigenvalue weighted by Gasteiger charge is 2.33. The molecule has 0 aliphatic carbocycles. The first-order valence-electron chi connectivity index (χ1n) is 7.94. The minimum atomic E-state index is -3.21. The predicted octanol–water partition coefficient (Wildman–Crippen LogP) is 4.74. The van der Waals surface area contributed by atoms with Gasteiger partial charge in [-0.25, -0.2) is 8.42 Å². The second kappa shape index (κ2) is 7.02. The average molecular weight is 388 g/mol. The fourth-order valence-electron chi connectivity index (χ4n) is 2.84. The third-order valence-corrected chi connectivity index (χ3v) is 6.52. The molecule has 5 heteroatoms. The van der Waals surface area contributed by atoms with Gasteiger partial charge >= 0.3 is 0 Å². The van der Waals surface area contributed by atoms with Gasteiger partial charge in [0.15, 0.2) is 0 Å². The standard InChI is InChI=1S/C17H26BrNO2S/c1-17(2,3)10-12-22(20,21)19-11-5-4-9-16(19)14-7-6-8-15(18)13-14/h6-8,13,16H,4-5,9-12H2,1-3H3. The van der Waals surface area contributed by atoms with E-state index < -0.39 is 10.0 Å². The van der Waals surface area contributed by atoms with Gasteiger partial charge in [-0.1, -0.05) is 55.3 Å². The maximum atomic E-state index is 12.8. The molecule has 1 aromatic carbocycles. The van der Waals surface area contributed by atoms with Crippen LogP contribution in [0.5, 0.6) is 0 Å². The predicted molar refractivity (Wildman–Crippen MR) is 95.3 cm³/mol. The van der Waals surface area contributed by atoms with Crippen LogP contribution >= 0.6 is 15.9 Å². The fraction of sp³-hybridized carbons (Fsp3) is 0.647. The summed E-state index contributed by atoms with van der Waals surface area (Å²) in [5, 5.41) is 0. The van der Waals surface area contributed by atoms with E-state index in [0.29, 0.717) is 13.0 Å². The van der Waals surface area contributed by atoms with Crippen LogP contribution in [0.25, 0.3) is 0 Å². The summed E-state index contributed by atoms with van der Waals surface area (Å²) in [5.74, 6) is 0.237. The zero-order valence-electron chi connectivity index (χ0n) is 13.7. The number of sulfonamides is 1. The van der Waals surface area contributed by atoms with Gasteiger partial charge in [-0.05, 0) is 42.4 Å². The molecule has 1 unspecified atom stereocenters. The molecular formula is C17H26BrNO2S. The molecule has 3 nitrogen and oxygen atoms in total. The summed E-state index contributed by atoms with van der Waals surface area (Å²) in [6, 6.07) is 8.02. The number of nitrogens with zero attached hydrogens (tertiary/aromatic N) is 1. The lowest BCUT2D eigenvalue weighted by Crippen LogP contribution is -2.40. The minimum absolute atomic E-state index is 0.0174. The summed E-state index contributed by atoms with van der Waals surface area (Å²) in [5.41, 5.74) is 1.13. The van der Waals surface area contributed by atoms with Crippen molar-refractivity contribution in [2.75, 3.05) is 12.3 Å². The highest BCUT2D eigenvalue weighted by molar-refractivity contribution is 9.10. The van der Waals surface area contributed by atoms with E-state index in [4.69, 9.17) is 0 Å². The lowest BCUT2D eigenvalue weighted by molar-refractivity contribution is 0.254. The van der Waals surface area contributed by atoms with Crippen molar-refractivity contribution >= 4 is 26.0 Å². The molecule has 1 aromatic rings. The van der Waals surface area contributed by atoms with Gasteiger partial charge in [0.1, 0.15) is 0 Å². The SMILES string of the molecule is CC(C)(C)CCS(=O)(=O)N1CCCCC1c1cccc(Br)c1. The molecular weight excluding hydrogens is 362 g/mol. The van der Waals surface area contributed by atoms with Crippen molar-refractivity contribution in [1.82, 2.24) is 4.31 Å². The van der Waals surface area contributed by atoms with Gasteiger partial charge in [0.2, 0.25) is 10.0 Å². The Morgan fingerprint density at radius 1 is 1.27 bits per heavy atom. The molecule has 0 aromatic heterocycles. The van der Waals surface area contributed by atoms with Crippen molar-refractivity contribution in [3.05, 3.63) is 34.3 Å².